The van der Waals surface area contributed by atoms with Crippen LogP contribution in [0.15, 0.2) is 104 Å². The molecule has 0 unspecified atom stereocenters. The van der Waals surface area contributed by atoms with Crippen molar-refractivity contribution >= 4 is 24.7 Å². The zero-order valence-electron chi connectivity index (χ0n) is 26.3. The minimum atomic E-state index is -2.67. The molecular weight excluding hydrogens is 540 g/mol. The minimum absolute atomic E-state index is 0.111. The molecule has 0 bridgehead atoms. The highest BCUT2D eigenvalue weighted by molar-refractivity contribution is 6.99. The van der Waals surface area contributed by atoms with E-state index in [1.165, 1.54) is 10.4 Å². The molecule has 0 saturated heterocycles. The van der Waals surface area contributed by atoms with Crippen molar-refractivity contribution < 1.29 is 23.4 Å². The third-order valence-corrected chi connectivity index (χ3v) is 13.0. The van der Waals surface area contributed by atoms with Gasteiger partial charge in [-0.05, 0) is 39.9 Å². The molecule has 0 radical (unpaired) electrons. The maximum atomic E-state index is 12.9. The number of ether oxygens (including phenoxy) is 3. The number of esters is 1. The van der Waals surface area contributed by atoms with Gasteiger partial charge in [0.15, 0.2) is 0 Å². The first-order valence-corrected chi connectivity index (χ1v) is 16.6. The van der Waals surface area contributed by atoms with E-state index < -0.39 is 19.8 Å². The lowest BCUT2D eigenvalue weighted by atomic mass is 9.77. The van der Waals surface area contributed by atoms with E-state index in [1.54, 1.807) is 25.3 Å². The van der Waals surface area contributed by atoms with Gasteiger partial charge in [-0.2, -0.15) is 0 Å². The summed E-state index contributed by atoms with van der Waals surface area (Å²) in [6, 6.07) is 30.3. The first-order valence-electron chi connectivity index (χ1n) is 14.7. The Morgan fingerprint density at radius 1 is 0.857 bits per heavy atom. The quantitative estimate of drug-likeness (QED) is 0.0827. The summed E-state index contributed by atoms with van der Waals surface area (Å²) in [5.74, 6) is -0.245. The van der Waals surface area contributed by atoms with E-state index >= 15 is 0 Å². The fourth-order valence-corrected chi connectivity index (χ4v) is 10.3. The molecule has 0 aliphatic heterocycles. The van der Waals surface area contributed by atoms with Crippen molar-refractivity contribution in [3.05, 3.63) is 109 Å². The molecule has 226 valence electrons. The van der Waals surface area contributed by atoms with Crippen LogP contribution in [0.3, 0.4) is 0 Å². The Bertz CT molecular complexity index is 1200. The van der Waals surface area contributed by atoms with Gasteiger partial charge in [-0.3, -0.25) is 0 Å². The number of benzene rings is 3. The summed E-state index contributed by atoms with van der Waals surface area (Å²) in [6.45, 7) is 17.8. The van der Waals surface area contributed by atoms with E-state index in [4.69, 9.17) is 18.6 Å². The molecule has 3 atom stereocenters. The number of rotatable bonds is 15. The molecule has 0 N–H and O–H groups in total. The normalized spacial score (nSPS) is 14.5. The van der Waals surface area contributed by atoms with Gasteiger partial charge < -0.3 is 18.6 Å². The summed E-state index contributed by atoms with van der Waals surface area (Å²) >= 11 is 0. The van der Waals surface area contributed by atoms with Gasteiger partial charge in [0, 0.05) is 19.1 Å². The average Bonchev–Trinajstić information content (AvgIpc) is 2.98. The van der Waals surface area contributed by atoms with E-state index in [0.29, 0.717) is 18.6 Å². The Balaban J connectivity index is 1.86. The Kier molecular flexibility index (Phi) is 11.9. The molecule has 0 aliphatic carbocycles. The molecule has 0 spiro atoms. The fourth-order valence-electron chi connectivity index (χ4n) is 5.64. The Hall–Kier alpha value is -3.03. The predicted octanol–water partition coefficient (Wildman–Crippen LogP) is 7.02. The average molecular weight is 589 g/mol. The molecule has 42 heavy (non-hydrogen) atoms. The zero-order valence-corrected chi connectivity index (χ0v) is 27.3. The van der Waals surface area contributed by atoms with Gasteiger partial charge in [-0.1, -0.05) is 133 Å². The van der Waals surface area contributed by atoms with Gasteiger partial charge in [0.05, 0.1) is 11.7 Å². The molecule has 3 rings (SSSR count). The van der Waals surface area contributed by atoms with Gasteiger partial charge in [0.25, 0.3) is 8.32 Å². The summed E-state index contributed by atoms with van der Waals surface area (Å²) < 4.78 is 24.7. The van der Waals surface area contributed by atoms with Crippen LogP contribution in [-0.2, 0) is 18.6 Å². The molecule has 5 nitrogen and oxygen atoms in total. The highest BCUT2D eigenvalue weighted by Crippen LogP contribution is 2.38. The topological polar surface area (TPSA) is 54.0 Å². The van der Waals surface area contributed by atoms with Crippen LogP contribution >= 0.6 is 0 Å². The van der Waals surface area contributed by atoms with Crippen LogP contribution in [0.4, 0.5) is 0 Å². The van der Waals surface area contributed by atoms with Crippen LogP contribution < -0.4 is 10.4 Å². The summed E-state index contributed by atoms with van der Waals surface area (Å²) in [5, 5.41) is 2.39. The minimum Gasteiger partial charge on any atom is -0.454 e. The lowest BCUT2D eigenvalue weighted by Gasteiger charge is -2.44. The molecule has 0 aromatic heterocycles. The van der Waals surface area contributed by atoms with Crippen LogP contribution in [0.25, 0.3) is 0 Å². The van der Waals surface area contributed by atoms with Crippen molar-refractivity contribution in [3.63, 3.8) is 0 Å². The lowest BCUT2D eigenvalue weighted by molar-refractivity contribution is -0.140. The summed E-state index contributed by atoms with van der Waals surface area (Å²) in [5.41, 5.74) is -0.0855. The number of carbonyl (C=O) groups excluding carboxylic acids is 1. The number of carbonyl (C=O) groups is 1. The standard InChI is InChI=1S/C36H48O5Si/c1-9-32(41-34(37)29-19-13-10-14-20-29)36(6,7)33(39-27-38-8)25-28(2)26-40-42(35(3,4)5,30-21-15-11-16-22-30)31-23-17-12-18-24-31/h9-24,28,32-33H,1,25-27H2,2-8H3/t28-,32-,33-/m1/s1. The smallest absolute Gasteiger partial charge is 0.338 e. The SMILES string of the molecule is C=C[C@@H](OC(=O)c1ccccc1)C(C)(C)[C@@H](C[C@@H](C)CO[Si](c1ccccc1)(c1ccccc1)C(C)(C)C)OCOC. The molecule has 0 fully saturated rings. The van der Waals surface area contributed by atoms with Crippen molar-refractivity contribution in [2.45, 2.75) is 65.2 Å². The molecule has 3 aromatic carbocycles. The van der Waals surface area contributed by atoms with Crippen molar-refractivity contribution in [2.24, 2.45) is 11.3 Å². The molecule has 3 aromatic rings. The van der Waals surface area contributed by atoms with E-state index in [-0.39, 0.29) is 29.8 Å². The Morgan fingerprint density at radius 3 is 1.81 bits per heavy atom. The van der Waals surface area contributed by atoms with Crippen molar-refractivity contribution in [1.29, 1.82) is 0 Å². The van der Waals surface area contributed by atoms with Crippen LogP contribution in [0, 0.1) is 11.3 Å². The molecule has 6 heteroatoms. The third kappa shape index (κ3) is 7.87. The molecule has 0 heterocycles. The second-order valence-electron chi connectivity index (χ2n) is 12.6. The monoisotopic (exact) mass is 588 g/mol. The van der Waals surface area contributed by atoms with Crippen molar-refractivity contribution in [1.82, 2.24) is 0 Å². The maximum absolute atomic E-state index is 12.9. The number of hydrogen-bond acceptors (Lipinski definition) is 5. The third-order valence-electron chi connectivity index (χ3n) is 8.03. The Morgan fingerprint density at radius 2 is 1.36 bits per heavy atom. The second kappa shape index (κ2) is 14.9. The second-order valence-corrected chi connectivity index (χ2v) is 16.9. The lowest BCUT2D eigenvalue weighted by Crippen LogP contribution is -2.66. The predicted molar refractivity (Wildman–Crippen MR) is 174 cm³/mol. The molecular formula is C36H48O5Si. The van der Waals surface area contributed by atoms with Crippen molar-refractivity contribution in [2.75, 3.05) is 20.5 Å². The van der Waals surface area contributed by atoms with Crippen LogP contribution in [0.5, 0.6) is 0 Å². The molecule has 0 aliphatic rings. The highest BCUT2D eigenvalue weighted by atomic mass is 28.4. The van der Waals surface area contributed by atoms with Crippen LogP contribution in [0.2, 0.25) is 5.04 Å². The van der Waals surface area contributed by atoms with Crippen molar-refractivity contribution in [3.8, 4) is 0 Å². The van der Waals surface area contributed by atoms with Gasteiger partial charge in [0.2, 0.25) is 0 Å². The maximum Gasteiger partial charge on any atom is 0.338 e. The Labute approximate surface area is 254 Å². The first kappa shape index (κ1) is 33.5. The molecule has 0 saturated carbocycles. The molecule has 0 amide bonds. The van der Waals surface area contributed by atoms with E-state index in [1.807, 2.05) is 32.0 Å². The first-order chi connectivity index (χ1) is 20.0. The van der Waals surface area contributed by atoms with E-state index in [9.17, 15) is 4.79 Å². The summed E-state index contributed by atoms with van der Waals surface area (Å²) in [7, 11) is -1.06. The van der Waals surface area contributed by atoms with Gasteiger partial charge in [-0.25, -0.2) is 4.79 Å². The van der Waals surface area contributed by atoms with Gasteiger partial charge in [0.1, 0.15) is 12.9 Å². The van der Waals surface area contributed by atoms with E-state index in [0.717, 1.165) is 0 Å². The van der Waals surface area contributed by atoms with Crippen LogP contribution in [0.1, 0.15) is 58.3 Å². The van der Waals surface area contributed by atoms with Gasteiger partial charge >= 0.3 is 5.97 Å². The highest BCUT2D eigenvalue weighted by Gasteiger charge is 2.50. The number of hydrogen-bond donors (Lipinski definition) is 0. The van der Waals surface area contributed by atoms with Crippen LogP contribution in [-0.4, -0.2) is 47.0 Å². The summed E-state index contributed by atoms with van der Waals surface area (Å²) in [4.78, 5) is 12.9. The summed E-state index contributed by atoms with van der Waals surface area (Å²) in [6.07, 6.45) is 1.51. The van der Waals surface area contributed by atoms with Gasteiger partial charge in [-0.15, -0.1) is 0 Å². The largest absolute Gasteiger partial charge is 0.454 e. The fraction of sp³-hybridized carbons (Fsp3) is 0.417. The zero-order chi connectivity index (χ0) is 30.8. The van der Waals surface area contributed by atoms with E-state index in [2.05, 4.69) is 94.9 Å². The number of methoxy groups -OCH3 is 1.